The Hall–Kier alpha value is -1.42. The average Bonchev–Trinajstić information content (AvgIpc) is 2.62. The topological polar surface area (TPSA) is 41.1 Å². The molecule has 0 bridgehead atoms. The molecule has 2 atom stereocenters. The molecular formula is C15H21FN2O. The van der Waals surface area contributed by atoms with Gasteiger partial charge in [-0.3, -0.25) is 10.1 Å². The van der Waals surface area contributed by atoms with Gasteiger partial charge in [0.15, 0.2) is 0 Å². The highest BCUT2D eigenvalue weighted by Gasteiger charge is 2.24. The third-order valence-corrected chi connectivity index (χ3v) is 3.63. The molecule has 1 saturated heterocycles. The van der Waals surface area contributed by atoms with Crippen LogP contribution in [-0.2, 0) is 4.79 Å². The molecule has 4 heteroatoms. The molecule has 104 valence electrons. The maximum absolute atomic E-state index is 13.8. The number of hydrogen-bond acceptors (Lipinski definition) is 2. The van der Waals surface area contributed by atoms with Crippen LogP contribution >= 0.6 is 0 Å². The van der Waals surface area contributed by atoms with Crippen LogP contribution in [0.15, 0.2) is 24.3 Å². The van der Waals surface area contributed by atoms with Crippen LogP contribution in [0.2, 0.25) is 0 Å². The van der Waals surface area contributed by atoms with Crippen LogP contribution in [0.5, 0.6) is 0 Å². The van der Waals surface area contributed by atoms with Gasteiger partial charge in [0.05, 0.1) is 6.04 Å². The second kappa shape index (κ2) is 6.66. The summed E-state index contributed by atoms with van der Waals surface area (Å²) < 4.78 is 13.8. The quantitative estimate of drug-likeness (QED) is 0.877. The van der Waals surface area contributed by atoms with E-state index in [0.717, 1.165) is 32.2 Å². The van der Waals surface area contributed by atoms with Crippen molar-refractivity contribution in [1.82, 2.24) is 10.6 Å². The summed E-state index contributed by atoms with van der Waals surface area (Å²) in [6, 6.07) is 6.43. The van der Waals surface area contributed by atoms with Crippen LogP contribution in [0, 0.1) is 5.82 Å². The summed E-state index contributed by atoms with van der Waals surface area (Å²) >= 11 is 0. The summed E-state index contributed by atoms with van der Waals surface area (Å²) in [7, 11) is 0. The Labute approximate surface area is 113 Å². The second-order valence-corrected chi connectivity index (χ2v) is 4.99. The summed E-state index contributed by atoms with van der Waals surface area (Å²) in [6.07, 6.45) is 3.60. The van der Waals surface area contributed by atoms with Crippen molar-refractivity contribution < 1.29 is 9.18 Å². The van der Waals surface area contributed by atoms with Crippen LogP contribution in [-0.4, -0.2) is 18.5 Å². The molecule has 0 aromatic heterocycles. The molecule has 1 heterocycles. The Morgan fingerprint density at radius 2 is 2.21 bits per heavy atom. The van der Waals surface area contributed by atoms with E-state index in [1.54, 1.807) is 12.1 Å². The smallest absolute Gasteiger partial charge is 0.237 e. The van der Waals surface area contributed by atoms with E-state index in [1.165, 1.54) is 6.07 Å². The summed E-state index contributed by atoms with van der Waals surface area (Å²) in [4.78, 5) is 11.9. The van der Waals surface area contributed by atoms with E-state index < -0.39 is 0 Å². The van der Waals surface area contributed by atoms with Gasteiger partial charge in [0, 0.05) is 18.2 Å². The van der Waals surface area contributed by atoms with Gasteiger partial charge < -0.3 is 5.32 Å². The number of carbonyl (C=O) groups excluding carboxylic acids is 1. The highest BCUT2D eigenvalue weighted by molar-refractivity contribution is 5.81. The highest BCUT2D eigenvalue weighted by Crippen LogP contribution is 2.21. The summed E-state index contributed by atoms with van der Waals surface area (Å²) in [5.74, 6) is -0.178. The van der Waals surface area contributed by atoms with Crippen molar-refractivity contribution in [1.29, 1.82) is 0 Å². The lowest BCUT2D eigenvalue weighted by Crippen LogP contribution is -2.44. The van der Waals surface area contributed by atoms with Crippen LogP contribution in [0.4, 0.5) is 4.39 Å². The molecule has 1 aliphatic rings. The summed E-state index contributed by atoms with van der Waals surface area (Å²) in [5.41, 5.74) is 0.641. The van der Waals surface area contributed by atoms with Gasteiger partial charge in [0.1, 0.15) is 5.82 Å². The Bertz CT molecular complexity index is 436. The standard InChI is InChI=1S/C15H21FN2O/c1-2-13(11-7-3-4-8-12(11)16)18-14-9-5-6-10-17-15(14)19/h3-4,7-8,13-14,18H,2,5-6,9-10H2,1H3,(H,17,19)/t13-,14-/m0/s1. The first-order chi connectivity index (χ1) is 9.22. The van der Waals surface area contributed by atoms with Gasteiger partial charge in [-0.15, -0.1) is 0 Å². The number of nitrogens with one attached hydrogen (secondary N) is 2. The molecule has 0 radical (unpaired) electrons. The molecule has 0 aliphatic carbocycles. The lowest BCUT2D eigenvalue weighted by molar-refractivity contribution is -0.123. The van der Waals surface area contributed by atoms with Crippen molar-refractivity contribution in [2.45, 2.75) is 44.7 Å². The van der Waals surface area contributed by atoms with Gasteiger partial charge in [-0.1, -0.05) is 25.1 Å². The molecule has 1 fully saturated rings. The predicted molar refractivity (Wildman–Crippen MR) is 73.2 cm³/mol. The molecule has 1 aromatic carbocycles. The first kappa shape index (κ1) is 14.0. The Kier molecular flexibility index (Phi) is 4.91. The average molecular weight is 264 g/mol. The van der Waals surface area contributed by atoms with E-state index in [1.807, 2.05) is 13.0 Å². The zero-order valence-corrected chi connectivity index (χ0v) is 11.3. The zero-order valence-electron chi connectivity index (χ0n) is 11.3. The molecule has 1 amide bonds. The zero-order chi connectivity index (χ0) is 13.7. The highest BCUT2D eigenvalue weighted by atomic mass is 19.1. The van der Waals surface area contributed by atoms with Crippen molar-refractivity contribution in [2.24, 2.45) is 0 Å². The minimum atomic E-state index is -0.216. The predicted octanol–water partition coefficient (Wildman–Crippen LogP) is 2.54. The first-order valence-electron chi connectivity index (χ1n) is 7.00. The van der Waals surface area contributed by atoms with Gasteiger partial charge >= 0.3 is 0 Å². The molecule has 0 saturated carbocycles. The molecule has 2 N–H and O–H groups in total. The summed E-state index contributed by atoms with van der Waals surface area (Å²) in [5, 5.41) is 6.20. The van der Waals surface area contributed by atoms with E-state index in [-0.39, 0.29) is 23.8 Å². The monoisotopic (exact) mass is 264 g/mol. The van der Waals surface area contributed by atoms with Crippen molar-refractivity contribution >= 4 is 5.91 Å². The number of rotatable bonds is 4. The molecule has 0 spiro atoms. The third-order valence-electron chi connectivity index (χ3n) is 3.63. The molecule has 19 heavy (non-hydrogen) atoms. The maximum Gasteiger partial charge on any atom is 0.237 e. The fourth-order valence-electron chi connectivity index (χ4n) is 2.53. The van der Waals surface area contributed by atoms with Crippen molar-refractivity contribution in [3.63, 3.8) is 0 Å². The fourth-order valence-corrected chi connectivity index (χ4v) is 2.53. The van der Waals surface area contributed by atoms with Gasteiger partial charge in [-0.05, 0) is 31.7 Å². The van der Waals surface area contributed by atoms with E-state index in [9.17, 15) is 9.18 Å². The molecule has 2 rings (SSSR count). The van der Waals surface area contributed by atoms with Crippen LogP contribution in [0.1, 0.15) is 44.2 Å². The van der Waals surface area contributed by atoms with Gasteiger partial charge in [0.25, 0.3) is 0 Å². The Balaban J connectivity index is 2.10. The van der Waals surface area contributed by atoms with Gasteiger partial charge in [-0.2, -0.15) is 0 Å². The van der Waals surface area contributed by atoms with Crippen LogP contribution in [0.3, 0.4) is 0 Å². The SMILES string of the molecule is CC[C@H](N[C@H]1CCCCNC1=O)c1ccccc1F. The Morgan fingerprint density at radius 3 is 2.95 bits per heavy atom. The third kappa shape index (κ3) is 3.53. The molecule has 1 aromatic rings. The van der Waals surface area contributed by atoms with E-state index in [4.69, 9.17) is 0 Å². The van der Waals surface area contributed by atoms with E-state index in [2.05, 4.69) is 10.6 Å². The van der Waals surface area contributed by atoms with Crippen LogP contribution < -0.4 is 10.6 Å². The van der Waals surface area contributed by atoms with Crippen LogP contribution in [0.25, 0.3) is 0 Å². The number of carbonyl (C=O) groups is 1. The van der Waals surface area contributed by atoms with Crippen molar-refractivity contribution in [3.05, 3.63) is 35.6 Å². The van der Waals surface area contributed by atoms with Gasteiger partial charge in [0.2, 0.25) is 5.91 Å². The minimum Gasteiger partial charge on any atom is -0.355 e. The van der Waals surface area contributed by atoms with Gasteiger partial charge in [-0.25, -0.2) is 4.39 Å². The summed E-state index contributed by atoms with van der Waals surface area (Å²) in [6.45, 7) is 2.74. The molecule has 0 unspecified atom stereocenters. The normalized spacial score (nSPS) is 21.6. The number of amides is 1. The molecule has 1 aliphatic heterocycles. The number of hydrogen-bond donors (Lipinski definition) is 2. The van der Waals surface area contributed by atoms with Crippen molar-refractivity contribution in [3.8, 4) is 0 Å². The fraction of sp³-hybridized carbons (Fsp3) is 0.533. The van der Waals surface area contributed by atoms with Crippen molar-refractivity contribution in [2.75, 3.05) is 6.54 Å². The lowest BCUT2D eigenvalue weighted by Gasteiger charge is -2.23. The number of halogens is 1. The Morgan fingerprint density at radius 1 is 1.42 bits per heavy atom. The van der Waals surface area contributed by atoms with E-state index in [0.29, 0.717) is 5.56 Å². The molecule has 3 nitrogen and oxygen atoms in total. The number of benzene rings is 1. The molecular weight excluding hydrogens is 243 g/mol. The lowest BCUT2D eigenvalue weighted by atomic mass is 10.0. The second-order valence-electron chi connectivity index (χ2n) is 4.99. The first-order valence-corrected chi connectivity index (χ1v) is 7.00. The maximum atomic E-state index is 13.8. The van der Waals surface area contributed by atoms with E-state index >= 15 is 0 Å². The minimum absolute atomic E-state index is 0.0345. The largest absolute Gasteiger partial charge is 0.355 e.